The smallest absolute Gasteiger partial charge is 0.164 e. The summed E-state index contributed by atoms with van der Waals surface area (Å²) in [6, 6.07) is 9.98. The summed E-state index contributed by atoms with van der Waals surface area (Å²) in [5.74, 6) is 0.224. The first-order valence-corrected chi connectivity index (χ1v) is 6.59. The number of Topliss-reactive ketones (excluding diaryl/α,β-unsaturated/α-hetero) is 1. The molecule has 0 amide bonds. The van der Waals surface area contributed by atoms with Crippen molar-refractivity contribution in [2.75, 3.05) is 6.54 Å². The van der Waals surface area contributed by atoms with Crippen LogP contribution in [0.3, 0.4) is 0 Å². The molecule has 1 N–H and O–H groups in total. The van der Waals surface area contributed by atoms with E-state index in [-0.39, 0.29) is 11.2 Å². The molecule has 0 aromatic heterocycles. The fraction of sp³-hybridized carbons (Fsp3) is 0.438. The molecule has 96 valence electrons. The monoisotopic (exact) mass is 243 g/mol. The molecule has 2 heteroatoms. The summed E-state index contributed by atoms with van der Waals surface area (Å²) in [6.45, 7) is 7.32. The molecule has 1 aliphatic heterocycles. The van der Waals surface area contributed by atoms with Gasteiger partial charge in [0.05, 0.1) is 0 Å². The molecule has 1 fully saturated rings. The molecule has 0 radical (unpaired) electrons. The van der Waals surface area contributed by atoms with E-state index in [1.165, 1.54) is 0 Å². The highest BCUT2D eigenvalue weighted by molar-refractivity contribution is 6.21. The van der Waals surface area contributed by atoms with Crippen molar-refractivity contribution in [1.82, 2.24) is 5.32 Å². The Balaban J connectivity index is 2.45. The Bertz CT molecular complexity index is 471. The Morgan fingerprint density at radius 1 is 1.28 bits per heavy atom. The standard InChI is InChI=1S/C16H21NO/c1-4-14(18)15(12-8-6-5-7-9-12)13-10-16(2,3)11-17-13/h5-9,17H,4,10-11H2,1-3H3/b15-13+. The second-order valence-electron chi connectivity index (χ2n) is 5.69. The van der Waals surface area contributed by atoms with Gasteiger partial charge in [0.1, 0.15) is 0 Å². The zero-order valence-corrected chi connectivity index (χ0v) is 11.4. The van der Waals surface area contributed by atoms with Crippen LogP contribution in [-0.4, -0.2) is 12.3 Å². The van der Waals surface area contributed by atoms with E-state index in [0.29, 0.717) is 6.42 Å². The first-order valence-electron chi connectivity index (χ1n) is 6.59. The fourth-order valence-electron chi connectivity index (χ4n) is 2.41. The minimum atomic E-state index is 0.224. The molecule has 1 aromatic carbocycles. The summed E-state index contributed by atoms with van der Waals surface area (Å²) in [7, 11) is 0. The van der Waals surface area contributed by atoms with Gasteiger partial charge in [0.15, 0.2) is 5.78 Å². The highest BCUT2D eigenvalue weighted by atomic mass is 16.1. The van der Waals surface area contributed by atoms with Gasteiger partial charge in [-0.3, -0.25) is 4.79 Å². The maximum atomic E-state index is 12.2. The number of ketones is 1. The maximum absolute atomic E-state index is 12.2. The van der Waals surface area contributed by atoms with Crippen molar-refractivity contribution in [1.29, 1.82) is 0 Å². The summed E-state index contributed by atoms with van der Waals surface area (Å²) in [5.41, 5.74) is 3.26. The first-order chi connectivity index (χ1) is 8.53. The van der Waals surface area contributed by atoms with Crippen LogP contribution < -0.4 is 5.32 Å². The van der Waals surface area contributed by atoms with Crippen LogP contribution in [0.4, 0.5) is 0 Å². The van der Waals surface area contributed by atoms with E-state index in [9.17, 15) is 4.79 Å². The molecule has 0 atom stereocenters. The lowest BCUT2D eigenvalue weighted by molar-refractivity contribution is -0.113. The van der Waals surface area contributed by atoms with Crippen LogP contribution in [0.15, 0.2) is 36.0 Å². The molecular weight excluding hydrogens is 222 g/mol. The Morgan fingerprint density at radius 2 is 1.94 bits per heavy atom. The van der Waals surface area contributed by atoms with Crippen LogP contribution in [0.1, 0.15) is 39.2 Å². The third kappa shape index (κ3) is 2.63. The molecule has 1 aromatic rings. The molecular formula is C16H21NO. The van der Waals surface area contributed by atoms with Crippen LogP contribution >= 0.6 is 0 Å². The molecule has 18 heavy (non-hydrogen) atoms. The van der Waals surface area contributed by atoms with E-state index in [0.717, 1.165) is 29.8 Å². The zero-order valence-electron chi connectivity index (χ0n) is 11.4. The van der Waals surface area contributed by atoms with Crippen molar-refractivity contribution in [2.45, 2.75) is 33.6 Å². The quantitative estimate of drug-likeness (QED) is 0.824. The maximum Gasteiger partial charge on any atom is 0.164 e. The number of hydrogen-bond acceptors (Lipinski definition) is 2. The topological polar surface area (TPSA) is 29.1 Å². The number of rotatable bonds is 3. The Kier molecular flexibility index (Phi) is 3.55. The van der Waals surface area contributed by atoms with Gasteiger partial charge in [0.25, 0.3) is 0 Å². The van der Waals surface area contributed by atoms with Crippen molar-refractivity contribution in [3.05, 3.63) is 41.6 Å². The number of hydrogen-bond donors (Lipinski definition) is 1. The van der Waals surface area contributed by atoms with Gasteiger partial charge in [-0.05, 0) is 17.4 Å². The lowest BCUT2D eigenvalue weighted by Crippen LogP contribution is -2.15. The molecule has 1 saturated heterocycles. The second kappa shape index (κ2) is 4.97. The Labute approximate surface area is 109 Å². The number of carbonyl (C=O) groups is 1. The summed E-state index contributed by atoms with van der Waals surface area (Å²) in [5, 5.41) is 3.42. The molecule has 0 spiro atoms. The number of allylic oxidation sites excluding steroid dienone is 2. The predicted octanol–water partition coefficient (Wildman–Crippen LogP) is 3.40. The van der Waals surface area contributed by atoms with Crippen molar-refractivity contribution in [2.24, 2.45) is 5.41 Å². The van der Waals surface area contributed by atoms with E-state index in [1.54, 1.807) is 0 Å². The van der Waals surface area contributed by atoms with Crippen LogP contribution in [0.5, 0.6) is 0 Å². The van der Waals surface area contributed by atoms with Gasteiger partial charge in [-0.25, -0.2) is 0 Å². The molecule has 0 saturated carbocycles. The van der Waals surface area contributed by atoms with E-state index in [1.807, 2.05) is 37.3 Å². The molecule has 0 unspecified atom stereocenters. The normalized spacial score (nSPS) is 20.4. The van der Waals surface area contributed by atoms with E-state index >= 15 is 0 Å². The van der Waals surface area contributed by atoms with Gasteiger partial charge in [-0.2, -0.15) is 0 Å². The Morgan fingerprint density at radius 3 is 2.44 bits per heavy atom. The third-order valence-electron chi connectivity index (χ3n) is 3.40. The van der Waals surface area contributed by atoms with Crippen molar-refractivity contribution in [3.63, 3.8) is 0 Å². The minimum Gasteiger partial charge on any atom is -0.387 e. The van der Waals surface area contributed by atoms with Crippen LogP contribution in [0, 0.1) is 5.41 Å². The lowest BCUT2D eigenvalue weighted by Gasteiger charge is -2.13. The molecule has 1 heterocycles. The highest BCUT2D eigenvalue weighted by Crippen LogP contribution is 2.34. The summed E-state index contributed by atoms with van der Waals surface area (Å²) >= 11 is 0. The molecule has 0 aliphatic carbocycles. The second-order valence-corrected chi connectivity index (χ2v) is 5.69. The van der Waals surface area contributed by atoms with Crippen molar-refractivity contribution >= 4 is 11.4 Å². The van der Waals surface area contributed by atoms with Gasteiger partial charge in [-0.15, -0.1) is 0 Å². The largest absolute Gasteiger partial charge is 0.387 e. The van der Waals surface area contributed by atoms with E-state index < -0.39 is 0 Å². The average Bonchev–Trinajstić information content (AvgIpc) is 2.71. The first kappa shape index (κ1) is 12.9. The van der Waals surface area contributed by atoms with Crippen LogP contribution in [0.25, 0.3) is 5.57 Å². The predicted molar refractivity (Wildman–Crippen MR) is 75.1 cm³/mol. The summed E-state index contributed by atoms with van der Waals surface area (Å²) in [6.07, 6.45) is 1.50. The van der Waals surface area contributed by atoms with Gasteiger partial charge >= 0.3 is 0 Å². The molecule has 0 bridgehead atoms. The fourth-order valence-corrected chi connectivity index (χ4v) is 2.41. The summed E-state index contributed by atoms with van der Waals surface area (Å²) in [4.78, 5) is 12.2. The highest BCUT2D eigenvalue weighted by Gasteiger charge is 2.30. The van der Waals surface area contributed by atoms with Crippen LogP contribution in [0.2, 0.25) is 0 Å². The number of carbonyl (C=O) groups excluding carboxylic acids is 1. The number of benzene rings is 1. The number of nitrogens with one attached hydrogen (secondary N) is 1. The van der Waals surface area contributed by atoms with Crippen molar-refractivity contribution < 1.29 is 4.79 Å². The molecule has 2 nitrogen and oxygen atoms in total. The SMILES string of the molecule is CCC(=O)/C(=C1\CC(C)(C)CN1)c1ccccc1. The van der Waals surface area contributed by atoms with Gasteiger partial charge in [-0.1, -0.05) is 51.1 Å². The third-order valence-corrected chi connectivity index (χ3v) is 3.40. The van der Waals surface area contributed by atoms with Crippen LogP contribution in [-0.2, 0) is 4.79 Å². The zero-order chi connectivity index (χ0) is 13.2. The van der Waals surface area contributed by atoms with Gasteiger partial charge in [0, 0.05) is 24.2 Å². The minimum absolute atomic E-state index is 0.224. The molecule has 1 aliphatic rings. The average molecular weight is 243 g/mol. The Hall–Kier alpha value is -1.57. The molecule has 2 rings (SSSR count). The van der Waals surface area contributed by atoms with E-state index in [4.69, 9.17) is 0 Å². The van der Waals surface area contributed by atoms with E-state index in [2.05, 4.69) is 19.2 Å². The van der Waals surface area contributed by atoms with Gasteiger partial charge < -0.3 is 5.32 Å². The van der Waals surface area contributed by atoms with Gasteiger partial charge in [0.2, 0.25) is 0 Å². The summed E-state index contributed by atoms with van der Waals surface area (Å²) < 4.78 is 0. The van der Waals surface area contributed by atoms with Crippen molar-refractivity contribution in [3.8, 4) is 0 Å². The lowest BCUT2D eigenvalue weighted by atomic mass is 9.89.